The first-order valence-electron chi connectivity index (χ1n) is 11.8. The molecule has 2 aliphatic rings. The zero-order valence-electron chi connectivity index (χ0n) is 18.6. The van der Waals surface area contributed by atoms with Crippen LogP contribution in [0.4, 0.5) is 5.69 Å². The van der Waals surface area contributed by atoms with E-state index in [9.17, 15) is 0 Å². The van der Waals surface area contributed by atoms with Gasteiger partial charge in [-0.2, -0.15) is 0 Å². The highest BCUT2D eigenvalue weighted by atomic mass is 16.5. The Hall–Kier alpha value is -2.57. The van der Waals surface area contributed by atoms with Gasteiger partial charge >= 0.3 is 0 Å². The average molecular weight is 415 g/mol. The van der Waals surface area contributed by atoms with E-state index in [2.05, 4.69) is 46.7 Å². The van der Waals surface area contributed by atoms with Crippen molar-refractivity contribution in [3.05, 3.63) is 83.7 Å². The predicted octanol–water partition coefficient (Wildman–Crippen LogP) is 6.57. The van der Waals surface area contributed by atoms with E-state index in [-0.39, 0.29) is 0 Å². The fraction of sp³-hybridized carbons (Fsp3) is 0.464. The van der Waals surface area contributed by atoms with Gasteiger partial charge in [-0.1, -0.05) is 42.5 Å². The summed E-state index contributed by atoms with van der Waals surface area (Å²) in [6.45, 7) is 15.3. The molecule has 31 heavy (non-hydrogen) atoms. The molecule has 3 heteroatoms. The number of hydrogen-bond acceptors (Lipinski definition) is 2. The molecule has 1 unspecified atom stereocenters. The predicted molar refractivity (Wildman–Crippen MR) is 128 cm³/mol. The normalized spacial score (nSPS) is 21.8. The molecule has 1 atom stereocenters. The van der Waals surface area contributed by atoms with Crippen molar-refractivity contribution in [1.29, 1.82) is 0 Å². The van der Waals surface area contributed by atoms with Crippen molar-refractivity contribution < 1.29 is 4.74 Å². The van der Waals surface area contributed by atoms with E-state index in [1.165, 1.54) is 45.2 Å². The molecule has 162 valence electrons. The Morgan fingerprint density at radius 2 is 1.90 bits per heavy atom. The fourth-order valence-corrected chi connectivity index (χ4v) is 5.82. The highest BCUT2D eigenvalue weighted by Crippen LogP contribution is 2.49. The van der Waals surface area contributed by atoms with E-state index in [1.54, 1.807) is 11.1 Å². The van der Waals surface area contributed by atoms with Gasteiger partial charge in [0.15, 0.2) is 5.69 Å². The molecule has 4 rings (SSSR count). The maximum absolute atomic E-state index is 7.02. The first-order valence-corrected chi connectivity index (χ1v) is 11.8. The van der Waals surface area contributed by atoms with E-state index >= 15 is 0 Å². The van der Waals surface area contributed by atoms with Crippen LogP contribution in [-0.4, -0.2) is 31.1 Å². The molecule has 2 aromatic rings. The number of nitrogens with zero attached hydrogens (tertiary/aromatic N) is 2. The lowest BCUT2D eigenvalue weighted by Crippen LogP contribution is -2.45. The summed E-state index contributed by atoms with van der Waals surface area (Å²) >= 11 is 0. The van der Waals surface area contributed by atoms with Gasteiger partial charge in [0.2, 0.25) is 0 Å². The first-order chi connectivity index (χ1) is 15.2. The third-order valence-corrected chi connectivity index (χ3v) is 7.35. The summed E-state index contributed by atoms with van der Waals surface area (Å²) in [5, 5.41) is 0. The number of fused-ring (bicyclic) bond motifs is 1. The van der Waals surface area contributed by atoms with Crippen LogP contribution >= 0.6 is 0 Å². The second-order valence-electron chi connectivity index (χ2n) is 9.08. The molecule has 0 N–H and O–H groups in total. The zero-order valence-corrected chi connectivity index (χ0v) is 18.6. The molecule has 0 saturated carbocycles. The summed E-state index contributed by atoms with van der Waals surface area (Å²) in [6, 6.07) is 16.6. The van der Waals surface area contributed by atoms with Gasteiger partial charge < -0.3 is 9.64 Å². The monoisotopic (exact) mass is 414 g/mol. The van der Waals surface area contributed by atoms with Crippen LogP contribution < -0.4 is 4.74 Å². The van der Waals surface area contributed by atoms with Gasteiger partial charge in [0.1, 0.15) is 5.75 Å². The van der Waals surface area contributed by atoms with E-state index in [0.29, 0.717) is 11.1 Å². The molecule has 3 nitrogen and oxygen atoms in total. The Bertz CT molecular complexity index is 905. The highest BCUT2D eigenvalue weighted by molar-refractivity contribution is 5.47. The topological polar surface area (TPSA) is 16.8 Å². The Balaban J connectivity index is 1.29. The maximum Gasteiger partial charge on any atom is 0.187 e. The smallest absolute Gasteiger partial charge is 0.187 e. The summed E-state index contributed by atoms with van der Waals surface area (Å²) in [7, 11) is 0. The van der Waals surface area contributed by atoms with Gasteiger partial charge in [-0.3, -0.25) is 0 Å². The van der Waals surface area contributed by atoms with Crippen LogP contribution in [0.3, 0.4) is 0 Å². The molecule has 2 aromatic carbocycles. The van der Waals surface area contributed by atoms with Gasteiger partial charge in [0.05, 0.1) is 13.2 Å². The van der Waals surface area contributed by atoms with Crippen LogP contribution in [0.1, 0.15) is 49.7 Å². The number of benzene rings is 2. The van der Waals surface area contributed by atoms with Crippen LogP contribution in [0.5, 0.6) is 5.75 Å². The van der Waals surface area contributed by atoms with Gasteiger partial charge in [0, 0.05) is 12.0 Å². The number of hydrogen-bond donors (Lipinski definition) is 0. The number of piperidine rings is 1. The molecular formula is C28H34N2O. The number of rotatable bonds is 8. The molecule has 0 spiro atoms. The minimum absolute atomic E-state index is 0.295. The van der Waals surface area contributed by atoms with Gasteiger partial charge in [0.25, 0.3) is 0 Å². The second kappa shape index (κ2) is 10.2. The Kier molecular flexibility index (Phi) is 7.10. The molecule has 1 aliphatic carbocycles. The maximum atomic E-state index is 7.02. The van der Waals surface area contributed by atoms with Gasteiger partial charge in [-0.25, -0.2) is 4.85 Å². The molecule has 0 radical (unpaired) electrons. The first kappa shape index (κ1) is 21.7. The van der Waals surface area contributed by atoms with Crippen molar-refractivity contribution in [3.63, 3.8) is 0 Å². The molecule has 1 aliphatic heterocycles. The molecule has 1 saturated heterocycles. The summed E-state index contributed by atoms with van der Waals surface area (Å²) in [5.41, 5.74) is 4.13. The van der Waals surface area contributed by atoms with Crippen molar-refractivity contribution in [3.8, 4) is 5.75 Å². The van der Waals surface area contributed by atoms with Crippen molar-refractivity contribution >= 4 is 5.69 Å². The fourth-order valence-electron chi connectivity index (χ4n) is 5.82. The van der Waals surface area contributed by atoms with Crippen molar-refractivity contribution in [2.45, 2.75) is 50.4 Å². The Morgan fingerprint density at radius 1 is 1.13 bits per heavy atom. The highest BCUT2D eigenvalue weighted by Gasteiger charge is 2.43. The number of allylic oxidation sites excluding steroid dienone is 1. The largest absolute Gasteiger partial charge is 0.494 e. The minimum Gasteiger partial charge on any atom is -0.494 e. The Labute approximate surface area is 187 Å². The van der Waals surface area contributed by atoms with Crippen LogP contribution in [-0.2, 0) is 11.8 Å². The zero-order chi connectivity index (χ0) is 21.5. The molecule has 1 heterocycles. The summed E-state index contributed by atoms with van der Waals surface area (Å²) in [4.78, 5) is 6.03. The third-order valence-electron chi connectivity index (χ3n) is 7.35. The summed E-state index contributed by atoms with van der Waals surface area (Å²) < 4.78 is 5.86. The summed E-state index contributed by atoms with van der Waals surface area (Å²) in [5.74, 6) is 1.61. The molecular weight excluding hydrogens is 380 g/mol. The average Bonchev–Trinajstić information content (AvgIpc) is 2.83. The number of likely N-dealkylation sites (tertiary alicyclic amines) is 1. The van der Waals surface area contributed by atoms with E-state index in [1.807, 2.05) is 24.3 Å². The van der Waals surface area contributed by atoms with E-state index in [4.69, 9.17) is 11.3 Å². The molecule has 0 amide bonds. The SMILES string of the molecule is [C-]#[N+]c1ccc(OCCCN2CCC(C3(CC=C)CCCc4ccccc43)CC2)cc1. The molecule has 1 fully saturated rings. The van der Waals surface area contributed by atoms with Gasteiger partial charge in [-0.15, -0.1) is 6.58 Å². The molecule has 0 aromatic heterocycles. The third kappa shape index (κ3) is 4.86. The second-order valence-corrected chi connectivity index (χ2v) is 9.08. The van der Waals surface area contributed by atoms with Gasteiger partial charge in [-0.05, 0) is 87.2 Å². The van der Waals surface area contributed by atoms with E-state index < -0.39 is 0 Å². The van der Waals surface area contributed by atoms with Crippen LogP contribution in [0.25, 0.3) is 4.85 Å². The van der Waals surface area contributed by atoms with Crippen LogP contribution in [0.15, 0.2) is 61.2 Å². The van der Waals surface area contributed by atoms with Crippen molar-refractivity contribution in [2.24, 2.45) is 5.92 Å². The summed E-state index contributed by atoms with van der Waals surface area (Å²) in [6.07, 6.45) is 10.7. The minimum atomic E-state index is 0.295. The van der Waals surface area contributed by atoms with Crippen molar-refractivity contribution in [1.82, 2.24) is 4.90 Å². The van der Waals surface area contributed by atoms with Crippen molar-refractivity contribution in [2.75, 3.05) is 26.2 Å². The van der Waals surface area contributed by atoms with Crippen LogP contribution in [0.2, 0.25) is 0 Å². The lowest BCUT2D eigenvalue weighted by molar-refractivity contribution is 0.110. The van der Waals surface area contributed by atoms with Crippen LogP contribution in [0, 0.1) is 12.5 Å². The van der Waals surface area contributed by atoms with E-state index in [0.717, 1.165) is 37.7 Å². The lowest BCUT2D eigenvalue weighted by Gasteiger charge is -2.48. The number of aryl methyl sites for hydroxylation is 1. The Morgan fingerprint density at radius 3 is 2.65 bits per heavy atom. The lowest BCUT2D eigenvalue weighted by atomic mass is 9.59. The number of ether oxygens (including phenoxy) is 1. The quantitative estimate of drug-likeness (QED) is 0.276. The standard InChI is InChI=1S/C28H34N2O/c1-3-17-28(18-6-9-23-8-4-5-10-27(23)28)24-15-20-30(21-16-24)19-7-22-31-26-13-11-25(29-2)12-14-26/h3-5,8,10-14,24H,1,6-7,9,15-22H2. The molecule has 0 bridgehead atoms.